The highest BCUT2D eigenvalue weighted by Gasteiger charge is 2.13. The molecule has 1 N–H and O–H groups in total. The van der Waals surface area contributed by atoms with Gasteiger partial charge in [0.1, 0.15) is 5.57 Å². The van der Waals surface area contributed by atoms with Gasteiger partial charge in [-0.3, -0.25) is 0 Å². The number of carboxylic acids is 1. The largest absolute Gasteiger partial charge is 0.503 e. The molecule has 0 aromatic heterocycles. The molecule has 0 bridgehead atoms. The molecule has 2 aromatic carbocycles. The SMILES string of the molecule is CO/C=C(/C(=O)O)c1ccccc1/C=C/C=C/c1ccc(Cl)cc1. The van der Waals surface area contributed by atoms with Crippen molar-refractivity contribution in [2.24, 2.45) is 0 Å². The lowest BCUT2D eigenvalue weighted by molar-refractivity contribution is -0.130. The molecule has 0 spiro atoms. The molecule has 2 rings (SSSR count). The minimum Gasteiger partial charge on any atom is -0.503 e. The molecule has 0 aliphatic rings. The molecule has 4 heteroatoms. The number of benzene rings is 2. The van der Waals surface area contributed by atoms with Gasteiger partial charge < -0.3 is 9.84 Å². The topological polar surface area (TPSA) is 46.5 Å². The third-order valence-corrected chi connectivity index (χ3v) is 3.51. The Morgan fingerprint density at radius 1 is 1.04 bits per heavy atom. The zero-order chi connectivity index (χ0) is 17.4. The first kappa shape index (κ1) is 17.6. The minimum absolute atomic E-state index is 0.111. The molecule has 0 amide bonds. The van der Waals surface area contributed by atoms with E-state index in [1.165, 1.54) is 13.4 Å². The fraction of sp³-hybridized carbons (Fsp3) is 0.0500. The second-order valence-corrected chi connectivity index (χ2v) is 5.37. The van der Waals surface area contributed by atoms with Gasteiger partial charge in [0.15, 0.2) is 0 Å². The molecule has 0 aliphatic heterocycles. The first-order chi connectivity index (χ1) is 11.6. The number of carboxylic acid groups (broad SMARTS) is 1. The lowest BCUT2D eigenvalue weighted by Gasteiger charge is -2.06. The summed E-state index contributed by atoms with van der Waals surface area (Å²) in [4.78, 5) is 11.4. The third-order valence-electron chi connectivity index (χ3n) is 3.26. The van der Waals surface area contributed by atoms with Crippen LogP contribution in [0.1, 0.15) is 16.7 Å². The summed E-state index contributed by atoms with van der Waals surface area (Å²) in [7, 11) is 1.43. The second-order valence-electron chi connectivity index (χ2n) is 4.93. The van der Waals surface area contributed by atoms with E-state index < -0.39 is 5.97 Å². The van der Waals surface area contributed by atoms with Crippen LogP contribution < -0.4 is 0 Å². The van der Waals surface area contributed by atoms with E-state index in [9.17, 15) is 9.90 Å². The Labute approximate surface area is 146 Å². The molecular weight excluding hydrogens is 324 g/mol. The molecular formula is C20H17ClO3. The van der Waals surface area contributed by atoms with Gasteiger partial charge in [-0.05, 0) is 28.8 Å². The maximum atomic E-state index is 11.4. The fourth-order valence-corrected chi connectivity index (χ4v) is 2.26. The number of hydrogen-bond donors (Lipinski definition) is 1. The molecule has 2 aromatic rings. The van der Waals surface area contributed by atoms with Gasteiger partial charge in [-0.1, -0.05) is 72.3 Å². The minimum atomic E-state index is -1.03. The van der Waals surface area contributed by atoms with Crippen LogP contribution in [0.5, 0.6) is 0 Å². The van der Waals surface area contributed by atoms with Crippen LogP contribution in [-0.2, 0) is 9.53 Å². The van der Waals surface area contributed by atoms with Gasteiger partial charge in [-0.15, -0.1) is 0 Å². The molecule has 122 valence electrons. The maximum absolute atomic E-state index is 11.4. The number of hydrogen-bond acceptors (Lipinski definition) is 2. The molecule has 0 radical (unpaired) electrons. The summed E-state index contributed by atoms with van der Waals surface area (Å²) < 4.78 is 4.88. The summed E-state index contributed by atoms with van der Waals surface area (Å²) in [5.41, 5.74) is 2.54. The molecule has 0 aliphatic carbocycles. The van der Waals surface area contributed by atoms with Crippen LogP contribution in [0.2, 0.25) is 5.02 Å². The molecule has 0 saturated carbocycles. The Hall–Kier alpha value is -2.78. The lowest BCUT2D eigenvalue weighted by Crippen LogP contribution is -2.02. The summed E-state index contributed by atoms with van der Waals surface area (Å²) >= 11 is 5.85. The quantitative estimate of drug-likeness (QED) is 0.450. The monoisotopic (exact) mass is 340 g/mol. The normalized spacial score (nSPS) is 12.0. The highest BCUT2D eigenvalue weighted by molar-refractivity contribution is 6.30. The van der Waals surface area contributed by atoms with E-state index in [2.05, 4.69) is 0 Å². The van der Waals surface area contributed by atoms with Crippen molar-refractivity contribution in [3.63, 3.8) is 0 Å². The van der Waals surface area contributed by atoms with Crippen molar-refractivity contribution in [2.75, 3.05) is 7.11 Å². The highest BCUT2D eigenvalue weighted by atomic mass is 35.5. The molecule has 24 heavy (non-hydrogen) atoms. The number of aliphatic carboxylic acids is 1. The van der Waals surface area contributed by atoms with E-state index in [1.54, 1.807) is 12.1 Å². The average Bonchev–Trinajstić information content (AvgIpc) is 2.58. The van der Waals surface area contributed by atoms with Gasteiger partial charge in [0.05, 0.1) is 13.4 Å². The Bertz CT molecular complexity index is 787. The van der Waals surface area contributed by atoms with E-state index in [-0.39, 0.29) is 5.57 Å². The van der Waals surface area contributed by atoms with Gasteiger partial charge in [0, 0.05) is 5.02 Å². The van der Waals surface area contributed by atoms with Crippen molar-refractivity contribution >= 4 is 35.3 Å². The predicted molar refractivity (Wildman–Crippen MR) is 98.6 cm³/mol. The molecule has 0 saturated heterocycles. The van der Waals surface area contributed by atoms with E-state index in [1.807, 2.05) is 60.7 Å². The van der Waals surface area contributed by atoms with Gasteiger partial charge in [-0.2, -0.15) is 0 Å². The maximum Gasteiger partial charge on any atom is 0.339 e. The number of halogens is 1. The zero-order valence-electron chi connectivity index (χ0n) is 13.1. The molecule has 0 heterocycles. The van der Waals surface area contributed by atoms with Crippen molar-refractivity contribution in [3.8, 4) is 0 Å². The van der Waals surface area contributed by atoms with Crippen LogP contribution in [0.25, 0.3) is 17.7 Å². The fourth-order valence-electron chi connectivity index (χ4n) is 2.13. The molecule has 0 atom stereocenters. The first-order valence-corrected chi connectivity index (χ1v) is 7.65. The summed E-state index contributed by atoms with van der Waals surface area (Å²) in [6, 6.07) is 14.8. The van der Waals surface area contributed by atoms with Crippen molar-refractivity contribution in [3.05, 3.63) is 88.7 Å². The second kappa shape index (κ2) is 8.75. The van der Waals surface area contributed by atoms with Crippen molar-refractivity contribution in [1.29, 1.82) is 0 Å². The number of methoxy groups -OCH3 is 1. The molecule has 3 nitrogen and oxygen atoms in total. The van der Waals surface area contributed by atoms with Gasteiger partial charge in [0.2, 0.25) is 0 Å². The van der Waals surface area contributed by atoms with Crippen molar-refractivity contribution < 1.29 is 14.6 Å². The average molecular weight is 341 g/mol. The number of allylic oxidation sites excluding steroid dienone is 2. The highest BCUT2D eigenvalue weighted by Crippen LogP contribution is 2.21. The Morgan fingerprint density at radius 3 is 2.38 bits per heavy atom. The Balaban J connectivity index is 2.22. The Morgan fingerprint density at radius 2 is 1.71 bits per heavy atom. The number of carbonyl (C=O) groups is 1. The van der Waals surface area contributed by atoms with Crippen LogP contribution in [0.3, 0.4) is 0 Å². The van der Waals surface area contributed by atoms with Crippen LogP contribution in [0, 0.1) is 0 Å². The zero-order valence-corrected chi connectivity index (χ0v) is 13.9. The standard InChI is InChI=1S/C20H17ClO3/c1-24-14-19(20(22)23)18-9-5-4-8-16(18)7-3-2-6-15-10-12-17(21)13-11-15/h2-14H,1H3,(H,22,23)/b6-2+,7-3+,19-14+. The summed E-state index contributed by atoms with van der Waals surface area (Å²) in [6.07, 6.45) is 8.78. The van der Waals surface area contributed by atoms with Gasteiger partial charge >= 0.3 is 5.97 Å². The van der Waals surface area contributed by atoms with Crippen LogP contribution in [-0.4, -0.2) is 18.2 Å². The van der Waals surface area contributed by atoms with Crippen molar-refractivity contribution in [2.45, 2.75) is 0 Å². The van der Waals surface area contributed by atoms with E-state index >= 15 is 0 Å². The lowest BCUT2D eigenvalue weighted by atomic mass is 10.00. The van der Waals surface area contributed by atoms with E-state index in [0.29, 0.717) is 10.6 Å². The van der Waals surface area contributed by atoms with Crippen LogP contribution in [0.4, 0.5) is 0 Å². The van der Waals surface area contributed by atoms with Gasteiger partial charge in [-0.25, -0.2) is 4.79 Å². The summed E-state index contributed by atoms with van der Waals surface area (Å²) in [5, 5.41) is 10.0. The number of ether oxygens (including phenoxy) is 1. The summed E-state index contributed by atoms with van der Waals surface area (Å²) in [6.45, 7) is 0. The molecule has 0 fully saturated rings. The van der Waals surface area contributed by atoms with Gasteiger partial charge in [0.25, 0.3) is 0 Å². The third kappa shape index (κ3) is 4.86. The summed E-state index contributed by atoms with van der Waals surface area (Å²) in [5.74, 6) is -1.03. The van der Waals surface area contributed by atoms with E-state index in [4.69, 9.17) is 16.3 Å². The molecule has 0 unspecified atom stereocenters. The first-order valence-electron chi connectivity index (χ1n) is 7.28. The van der Waals surface area contributed by atoms with Crippen LogP contribution >= 0.6 is 11.6 Å². The van der Waals surface area contributed by atoms with Crippen molar-refractivity contribution in [1.82, 2.24) is 0 Å². The Kier molecular flexibility index (Phi) is 6.41. The smallest absolute Gasteiger partial charge is 0.339 e. The predicted octanol–water partition coefficient (Wildman–Crippen LogP) is 5.14. The van der Waals surface area contributed by atoms with Crippen LogP contribution in [0.15, 0.2) is 66.9 Å². The number of rotatable bonds is 6. The van der Waals surface area contributed by atoms with E-state index in [0.717, 1.165) is 11.1 Å².